The minimum Gasteiger partial charge on any atom is -0.504 e. The predicted octanol–water partition coefficient (Wildman–Crippen LogP) is 1.45. The number of aliphatic hydroxyl groups is 1. The molecule has 1 aliphatic rings. The molecular weight excluding hydrogens is 128 g/mol. The number of aliphatic hydroxyl groups excluding tert-OH is 1. The Balaban J connectivity index is 2.32. The molecule has 2 heteroatoms. The van der Waals surface area contributed by atoms with Gasteiger partial charge in [0.15, 0.2) is 0 Å². The van der Waals surface area contributed by atoms with E-state index in [-0.39, 0.29) is 6.10 Å². The molecule has 1 fully saturated rings. The van der Waals surface area contributed by atoms with E-state index in [9.17, 15) is 0 Å². The molecule has 0 bridgehead atoms. The Morgan fingerprint density at radius 1 is 1.50 bits per heavy atom. The molecule has 0 saturated heterocycles. The highest BCUT2D eigenvalue weighted by molar-refractivity contribution is 5.01. The van der Waals surface area contributed by atoms with Crippen molar-refractivity contribution in [2.24, 2.45) is 0 Å². The molecule has 1 rings (SSSR count). The molecular formula is C8H14O2. The van der Waals surface area contributed by atoms with Crippen LogP contribution >= 0.6 is 0 Å². The lowest BCUT2D eigenvalue weighted by molar-refractivity contribution is 0.142. The van der Waals surface area contributed by atoms with E-state index in [2.05, 4.69) is 0 Å². The zero-order valence-electron chi connectivity index (χ0n) is 6.34. The van der Waals surface area contributed by atoms with Gasteiger partial charge in [-0.2, -0.15) is 0 Å². The first kappa shape index (κ1) is 7.61. The van der Waals surface area contributed by atoms with Crippen molar-refractivity contribution in [1.82, 2.24) is 0 Å². The van der Waals surface area contributed by atoms with Crippen LogP contribution in [-0.2, 0) is 4.74 Å². The maximum Gasteiger partial charge on any atom is 0.0816 e. The van der Waals surface area contributed by atoms with Crippen molar-refractivity contribution in [3.05, 3.63) is 11.8 Å². The number of rotatable bonds is 1. The first-order chi connectivity index (χ1) is 4.83. The van der Waals surface area contributed by atoms with E-state index >= 15 is 0 Å². The number of hydrogen-bond donors (Lipinski definition) is 1. The fourth-order valence-corrected chi connectivity index (χ4v) is 1.26. The summed E-state index contributed by atoms with van der Waals surface area (Å²) in [7, 11) is 1.66. The quantitative estimate of drug-likeness (QED) is 0.561. The summed E-state index contributed by atoms with van der Waals surface area (Å²) in [5, 5.41) is 9.13. The Kier molecular flexibility index (Phi) is 2.75. The van der Waals surface area contributed by atoms with Crippen molar-refractivity contribution in [3.63, 3.8) is 0 Å². The van der Waals surface area contributed by atoms with Gasteiger partial charge in [0, 0.05) is 0 Å². The molecule has 0 aliphatic heterocycles. The Hall–Kier alpha value is -0.500. The molecule has 0 aromatic carbocycles. The van der Waals surface area contributed by atoms with Gasteiger partial charge in [0.2, 0.25) is 0 Å². The average molecular weight is 142 g/mol. The lowest BCUT2D eigenvalue weighted by atomic mass is 9.94. The van der Waals surface area contributed by atoms with Gasteiger partial charge in [0.25, 0.3) is 0 Å². The minimum absolute atomic E-state index is 0.0750. The summed E-state index contributed by atoms with van der Waals surface area (Å²) in [6, 6.07) is 0. The van der Waals surface area contributed by atoms with Crippen LogP contribution in [0.2, 0.25) is 0 Å². The minimum atomic E-state index is -0.0750. The maximum absolute atomic E-state index is 9.13. The molecule has 1 saturated carbocycles. The van der Waals surface area contributed by atoms with Gasteiger partial charge >= 0.3 is 0 Å². The highest BCUT2D eigenvalue weighted by atomic mass is 16.5. The lowest BCUT2D eigenvalue weighted by Gasteiger charge is -2.18. The summed E-state index contributed by atoms with van der Waals surface area (Å²) >= 11 is 0. The van der Waals surface area contributed by atoms with E-state index in [0.717, 1.165) is 25.7 Å². The predicted molar refractivity (Wildman–Crippen MR) is 39.6 cm³/mol. The van der Waals surface area contributed by atoms with E-state index in [1.807, 2.05) is 0 Å². The third kappa shape index (κ3) is 2.03. The molecule has 1 N–H and O–H groups in total. The second-order valence-electron chi connectivity index (χ2n) is 2.74. The Morgan fingerprint density at radius 3 is 2.60 bits per heavy atom. The van der Waals surface area contributed by atoms with Crippen LogP contribution < -0.4 is 0 Å². The third-order valence-electron chi connectivity index (χ3n) is 1.88. The van der Waals surface area contributed by atoms with Gasteiger partial charge in [-0.25, -0.2) is 0 Å². The van der Waals surface area contributed by atoms with Gasteiger partial charge in [0.1, 0.15) is 0 Å². The standard InChI is InChI=1S/C8H14O2/c1-10-6-7-2-4-8(9)5-3-7/h6,8-9H,2-5H2,1H3. The third-order valence-corrected chi connectivity index (χ3v) is 1.88. The average Bonchev–Trinajstić information content (AvgIpc) is 1.95. The SMILES string of the molecule is COC=C1CCC(O)CC1. The number of hydrogen-bond acceptors (Lipinski definition) is 2. The molecule has 0 unspecified atom stereocenters. The van der Waals surface area contributed by atoms with E-state index < -0.39 is 0 Å². The van der Waals surface area contributed by atoms with Gasteiger partial charge in [-0.3, -0.25) is 0 Å². The van der Waals surface area contributed by atoms with Crippen molar-refractivity contribution in [1.29, 1.82) is 0 Å². The van der Waals surface area contributed by atoms with Gasteiger partial charge in [-0.1, -0.05) is 0 Å². The van der Waals surface area contributed by atoms with Crippen molar-refractivity contribution in [3.8, 4) is 0 Å². The highest BCUT2D eigenvalue weighted by Crippen LogP contribution is 2.22. The molecule has 10 heavy (non-hydrogen) atoms. The molecule has 58 valence electrons. The molecule has 0 heterocycles. The summed E-state index contributed by atoms with van der Waals surface area (Å²) in [5.74, 6) is 0. The van der Waals surface area contributed by atoms with Crippen molar-refractivity contribution < 1.29 is 9.84 Å². The van der Waals surface area contributed by atoms with Crippen LogP contribution in [0.5, 0.6) is 0 Å². The van der Waals surface area contributed by atoms with Crippen molar-refractivity contribution in [2.75, 3.05) is 7.11 Å². The topological polar surface area (TPSA) is 29.5 Å². The monoisotopic (exact) mass is 142 g/mol. The highest BCUT2D eigenvalue weighted by Gasteiger charge is 2.13. The summed E-state index contributed by atoms with van der Waals surface area (Å²) in [6.45, 7) is 0. The summed E-state index contributed by atoms with van der Waals surface area (Å²) in [5.41, 5.74) is 1.33. The zero-order chi connectivity index (χ0) is 7.40. The second kappa shape index (κ2) is 3.62. The van der Waals surface area contributed by atoms with Crippen molar-refractivity contribution >= 4 is 0 Å². The van der Waals surface area contributed by atoms with Gasteiger partial charge < -0.3 is 9.84 Å². The van der Waals surface area contributed by atoms with Crippen LogP contribution in [0.4, 0.5) is 0 Å². The molecule has 0 atom stereocenters. The summed E-state index contributed by atoms with van der Waals surface area (Å²) in [6.07, 6.45) is 5.51. The Morgan fingerprint density at radius 2 is 2.10 bits per heavy atom. The molecule has 0 aromatic rings. The van der Waals surface area contributed by atoms with E-state index in [0.29, 0.717) is 0 Å². The first-order valence-electron chi connectivity index (χ1n) is 3.71. The maximum atomic E-state index is 9.13. The smallest absolute Gasteiger partial charge is 0.0816 e. The Bertz CT molecular complexity index is 119. The van der Waals surface area contributed by atoms with Crippen LogP contribution in [0.15, 0.2) is 11.8 Å². The summed E-state index contributed by atoms with van der Waals surface area (Å²) in [4.78, 5) is 0. The van der Waals surface area contributed by atoms with Crippen LogP contribution in [-0.4, -0.2) is 18.3 Å². The zero-order valence-corrected chi connectivity index (χ0v) is 6.34. The molecule has 1 aliphatic carbocycles. The van der Waals surface area contributed by atoms with Crippen LogP contribution in [0.3, 0.4) is 0 Å². The number of allylic oxidation sites excluding steroid dienone is 1. The van der Waals surface area contributed by atoms with Crippen LogP contribution in [0.1, 0.15) is 25.7 Å². The number of ether oxygens (including phenoxy) is 1. The first-order valence-corrected chi connectivity index (χ1v) is 3.71. The van der Waals surface area contributed by atoms with Gasteiger partial charge in [-0.05, 0) is 31.3 Å². The fourth-order valence-electron chi connectivity index (χ4n) is 1.26. The molecule has 0 aromatic heterocycles. The van der Waals surface area contributed by atoms with Gasteiger partial charge in [0.05, 0.1) is 19.5 Å². The largest absolute Gasteiger partial charge is 0.504 e. The molecule has 2 nitrogen and oxygen atoms in total. The van der Waals surface area contributed by atoms with E-state index in [1.54, 1.807) is 13.4 Å². The molecule has 0 amide bonds. The Labute approximate surface area is 61.5 Å². The number of methoxy groups -OCH3 is 1. The normalized spacial score (nSPS) is 26.2. The van der Waals surface area contributed by atoms with E-state index in [4.69, 9.17) is 9.84 Å². The van der Waals surface area contributed by atoms with Crippen LogP contribution in [0.25, 0.3) is 0 Å². The van der Waals surface area contributed by atoms with Gasteiger partial charge in [-0.15, -0.1) is 0 Å². The fraction of sp³-hybridized carbons (Fsp3) is 0.750. The van der Waals surface area contributed by atoms with Crippen LogP contribution in [0, 0.1) is 0 Å². The second-order valence-corrected chi connectivity index (χ2v) is 2.74. The lowest BCUT2D eigenvalue weighted by Crippen LogP contribution is -2.12. The van der Waals surface area contributed by atoms with Crippen molar-refractivity contribution in [2.45, 2.75) is 31.8 Å². The molecule has 0 radical (unpaired) electrons. The summed E-state index contributed by atoms with van der Waals surface area (Å²) < 4.78 is 4.87. The van der Waals surface area contributed by atoms with E-state index in [1.165, 1.54) is 5.57 Å². The molecule has 0 spiro atoms.